The first-order valence-corrected chi connectivity index (χ1v) is 8.45. The molecule has 0 fully saturated rings. The van der Waals surface area contributed by atoms with Gasteiger partial charge in [0.25, 0.3) is 0 Å². The summed E-state index contributed by atoms with van der Waals surface area (Å²) < 4.78 is 80.3. The van der Waals surface area contributed by atoms with Crippen molar-refractivity contribution in [3.8, 4) is 11.5 Å². The predicted molar refractivity (Wildman–Crippen MR) is 77.9 cm³/mol. The van der Waals surface area contributed by atoms with Crippen LogP contribution in [0.5, 0.6) is 11.5 Å². The minimum atomic E-state index is -5.23. The highest BCUT2D eigenvalue weighted by Crippen LogP contribution is 2.27. The monoisotopic (exact) mass is 368 g/mol. The first-order chi connectivity index (χ1) is 10.6. The van der Waals surface area contributed by atoms with Crippen molar-refractivity contribution in [3.05, 3.63) is 48.5 Å². The molecule has 0 aliphatic carbocycles. The fraction of sp³-hybridized carbons (Fsp3) is 0. The van der Waals surface area contributed by atoms with Crippen LogP contribution in [0.1, 0.15) is 0 Å². The Balaban J connectivity index is 2.14. The van der Waals surface area contributed by atoms with Gasteiger partial charge in [-0.1, -0.05) is 15.5 Å². The second-order valence-corrected chi connectivity index (χ2v) is 6.02. The number of rotatable bonds is 4. The van der Waals surface area contributed by atoms with E-state index in [1.165, 1.54) is 48.5 Å². The lowest BCUT2D eigenvalue weighted by Crippen LogP contribution is -1.83. The highest BCUT2D eigenvalue weighted by molar-refractivity contribution is 7.83. The molecular formula is C12H8F4N2O3S2. The van der Waals surface area contributed by atoms with Crippen molar-refractivity contribution in [2.24, 2.45) is 8.73 Å². The standard InChI is InChI=1S/C12H8F4N2O3S2/c13-22(14,19)17-9-1-5-11(6-2-9)21-12-7-3-10(4-8-12)18-23(15,16)20/h1-8H. The second kappa shape index (κ2) is 6.54. The van der Waals surface area contributed by atoms with Crippen molar-refractivity contribution < 1.29 is 28.7 Å². The van der Waals surface area contributed by atoms with Gasteiger partial charge in [-0.3, -0.25) is 0 Å². The molecule has 11 heteroatoms. The minimum absolute atomic E-state index is 0.179. The number of halogens is 4. The maximum Gasteiger partial charge on any atom is 0.371 e. The highest BCUT2D eigenvalue weighted by Gasteiger charge is 2.04. The van der Waals surface area contributed by atoms with E-state index in [0.717, 1.165) is 0 Å². The minimum Gasteiger partial charge on any atom is -0.457 e. The van der Waals surface area contributed by atoms with Gasteiger partial charge in [-0.05, 0) is 48.5 Å². The van der Waals surface area contributed by atoms with E-state index in [1.54, 1.807) is 0 Å². The van der Waals surface area contributed by atoms with Gasteiger partial charge in [0, 0.05) is 0 Å². The molecule has 0 amide bonds. The van der Waals surface area contributed by atoms with Crippen LogP contribution in [0.25, 0.3) is 0 Å². The summed E-state index contributed by atoms with van der Waals surface area (Å²) in [5, 5.41) is 0. The molecule has 2 rings (SSSR count). The quantitative estimate of drug-likeness (QED) is 0.549. The number of ether oxygens (including phenoxy) is 1. The SMILES string of the molecule is O=S(F)(F)=Nc1ccc(Oc2ccc(N=S(=O)(F)F)cc2)cc1. The van der Waals surface area contributed by atoms with E-state index in [4.69, 9.17) is 4.74 Å². The maximum atomic E-state index is 12.3. The number of benzene rings is 2. The van der Waals surface area contributed by atoms with Gasteiger partial charge in [-0.15, -0.1) is 8.73 Å². The topological polar surface area (TPSA) is 68.1 Å². The second-order valence-electron chi connectivity index (χ2n) is 4.07. The Hall–Kier alpha value is -2.14. The summed E-state index contributed by atoms with van der Waals surface area (Å²) in [6.07, 6.45) is 0. The van der Waals surface area contributed by atoms with Crippen LogP contribution >= 0.6 is 0 Å². The summed E-state index contributed by atoms with van der Waals surface area (Å²) >= 11 is 0. The van der Waals surface area contributed by atoms with Crippen LogP contribution in [0, 0.1) is 0 Å². The summed E-state index contributed by atoms with van der Waals surface area (Å²) in [6, 6.07) is 9.99. The zero-order chi connectivity index (χ0) is 17.1. The van der Waals surface area contributed by atoms with Crippen LogP contribution in [-0.2, 0) is 21.0 Å². The molecule has 124 valence electrons. The van der Waals surface area contributed by atoms with Crippen molar-refractivity contribution in [1.82, 2.24) is 0 Å². The lowest BCUT2D eigenvalue weighted by atomic mass is 10.3. The van der Waals surface area contributed by atoms with E-state index in [0.29, 0.717) is 0 Å². The molecule has 0 bridgehead atoms. The molecule has 0 atom stereocenters. The van der Waals surface area contributed by atoms with Gasteiger partial charge in [-0.25, -0.2) is 0 Å². The molecule has 0 saturated heterocycles. The number of hydrogen-bond donors (Lipinski definition) is 0. The predicted octanol–water partition coefficient (Wildman–Crippen LogP) is 5.22. The molecule has 0 saturated carbocycles. The van der Waals surface area contributed by atoms with E-state index < -0.39 is 21.0 Å². The molecule has 5 nitrogen and oxygen atoms in total. The zero-order valence-electron chi connectivity index (χ0n) is 11.1. The third-order valence-electron chi connectivity index (χ3n) is 2.33. The third-order valence-corrected chi connectivity index (χ3v) is 3.18. The van der Waals surface area contributed by atoms with Crippen LogP contribution in [-0.4, -0.2) is 8.42 Å². The fourth-order valence-electron chi connectivity index (χ4n) is 1.53. The first-order valence-electron chi connectivity index (χ1n) is 5.81. The normalized spacial score (nSPS) is 11.8. The van der Waals surface area contributed by atoms with Crippen LogP contribution in [0.2, 0.25) is 0 Å². The summed E-state index contributed by atoms with van der Waals surface area (Å²) in [4.78, 5) is 0. The van der Waals surface area contributed by atoms with E-state index in [9.17, 15) is 24.0 Å². The van der Waals surface area contributed by atoms with Crippen molar-refractivity contribution in [2.45, 2.75) is 0 Å². The van der Waals surface area contributed by atoms with Crippen LogP contribution in [0.4, 0.5) is 26.9 Å². The Morgan fingerprint density at radius 1 is 0.652 bits per heavy atom. The molecule has 0 spiro atoms. The van der Waals surface area contributed by atoms with Gasteiger partial charge in [0.2, 0.25) is 0 Å². The largest absolute Gasteiger partial charge is 0.457 e. The van der Waals surface area contributed by atoms with Gasteiger partial charge < -0.3 is 4.74 Å². The van der Waals surface area contributed by atoms with Crippen molar-refractivity contribution in [1.29, 1.82) is 0 Å². The Morgan fingerprint density at radius 3 is 1.22 bits per heavy atom. The first kappa shape index (κ1) is 17.2. The molecule has 0 aliphatic rings. The molecule has 0 heterocycles. The number of nitrogens with zero attached hydrogens (tertiary/aromatic N) is 2. The molecule has 0 radical (unpaired) electrons. The average Bonchev–Trinajstić information content (AvgIpc) is 2.40. The Bertz CT molecular complexity index is 836. The molecule has 0 unspecified atom stereocenters. The molecule has 0 aliphatic heterocycles. The van der Waals surface area contributed by atoms with Gasteiger partial charge in [0.05, 0.1) is 11.4 Å². The lowest BCUT2D eigenvalue weighted by Gasteiger charge is -2.05. The van der Waals surface area contributed by atoms with Crippen LogP contribution in [0.3, 0.4) is 0 Å². The van der Waals surface area contributed by atoms with Crippen LogP contribution < -0.4 is 4.74 Å². The number of hydrogen-bond acceptors (Lipinski definition) is 5. The maximum absolute atomic E-state index is 12.3. The van der Waals surface area contributed by atoms with Crippen LogP contribution in [0.15, 0.2) is 57.3 Å². The molecule has 0 aromatic heterocycles. The molecular weight excluding hydrogens is 360 g/mol. The Kier molecular flexibility index (Phi) is 4.90. The summed E-state index contributed by atoms with van der Waals surface area (Å²) in [7, 11) is -10.5. The smallest absolute Gasteiger partial charge is 0.371 e. The van der Waals surface area contributed by atoms with Gasteiger partial charge in [0.1, 0.15) is 11.5 Å². The van der Waals surface area contributed by atoms with Crippen molar-refractivity contribution in [3.63, 3.8) is 0 Å². The van der Waals surface area contributed by atoms with Gasteiger partial charge >= 0.3 is 21.0 Å². The van der Waals surface area contributed by atoms with E-state index >= 15 is 0 Å². The average molecular weight is 368 g/mol. The van der Waals surface area contributed by atoms with E-state index in [2.05, 4.69) is 8.73 Å². The summed E-state index contributed by atoms with van der Waals surface area (Å²) in [5.41, 5.74) is -0.357. The van der Waals surface area contributed by atoms with Gasteiger partial charge in [0.15, 0.2) is 0 Å². The third kappa shape index (κ3) is 6.24. The lowest BCUT2D eigenvalue weighted by molar-refractivity contribution is 0.483. The van der Waals surface area contributed by atoms with Crippen molar-refractivity contribution in [2.75, 3.05) is 0 Å². The highest BCUT2D eigenvalue weighted by atomic mass is 32.3. The Labute approximate surface area is 130 Å². The molecule has 2 aromatic carbocycles. The molecule has 2 aromatic rings. The Morgan fingerprint density at radius 2 is 0.957 bits per heavy atom. The van der Waals surface area contributed by atoms with Gasteiger partial charge in [-0.2, -0.15) is 8.42 Å². The molecule has 0 N–H and O–H groups in total. The fourth-order valence-corrected chi connectivity index (χ4v) is 2.27. The van der Waals surface area contributed by atoms with E-state index in [-0.39, 0.29) is 22.9 Å². The summed E-state index contributed by atoms with van der Waals surface area (Å²) in [5.74, 6) is 0.523. The summed E-state index contributed by atoms with van der Waals surface area (Å²) in [6.45, 7) is 0. The molecule has 23 heavy (non-hydrogen) atoms. The van der Waals surface area contributed by atoms with E-state index in [1.807, 2.05) is 0 Å². The zero-order valence-corrected chi connectivity index (χ0v) is 12.7. The van der Waals surface area contributed by atoms with Crippen molar-refractivity contribution >= 4 is 32.4 Å².